The molecule has 0 radical (unpaired) electrons. The number of rotatable bonds is 7. The molecule has 2 rings (SSSR count). The lowest BCUT2D eigenvalue weighted by molar-refractivity contribution is 0.343. The lowest BCUT2D eigenvalue weighted by Crippen LogP contribution is -2.06. The average Bonchev–Trinajstić information content (AvgIpc) is 3.00. The Morgan fingerprint density at radius 3 is 2.72 bits per heavy atom. The zero-order valence-corrected chi connectivity index (χ0v) is 11.9. The van der Waals surface area contributed by atoms with Gasteiger partial charge in [0.15, 0.2) is 5.89 Å². The van der Waals surface area contributed by atoms with Crippen LogP contribution in [0.2, 0.25) is 0 Å². The van der Waals surface area contributed by atoms with Gasteiger partial charge in [-0.3, -0.25) is 0 Å². The number of nitrogens with zero attached hydrogens (tertiary/aromatic N) is 1. The summed E-state index contributed by atoms with van der Waals surface area (Å²) in [6, 6.07) is 0. The van der Waals surface area contributed by atoms with E-state index >= 15 is 0 Å². The number of unbranched alkanes of at least 4 members (excludes halogenated alkanes) is 2. The maximum absolute atomic E-state index is 5.39. The first-order valence-electron chi connectivity index (χ1n) is 7.71. The van der Waals surface area contributed by atoms with E-state index in [1.165, 1.54) is 44.9 Å². The van der Waals surface area contributed by atoms with Crippen LogP contribution in [0.1, 0.15) is 64.7 Å². The van der Waals surface area contributed by atoms with Crippen LogP contribution in [0.25, 0.3) is 0 Å². The third kappa shape index (κ3) is 3.60. The van der Waals surface area contributed by atoms with E-state index in [-0.39, 0.29) is 0 Å². The molecule has 0 amide bonds. The minimum Gasteiger partial charge on any atom is -0.449 e. The minimum atomic E-state index is 0.806. The Labute approximate surface area is 111 Å². The van der Waals surface area contributed by atoms with Gasteiger partial charge in [0.05, 0.1) is 6.20 Å². The van der Waals surface area contributed by atoms with Crippen molar-refractivity contribution in [2.45, 2.75) is 65.2 Å². The van der Waals surface area contributed by atoms with Crippen molar-refractivity contribution in [1.29, 1.82) is 0 Å². The van der Waals surface area contributed by atoms with Crippen LogP contribution in [0.15, 0.2) is 16.9 Å². The van der Waals surface area contributed by atoms with Gasteiger partial charge in [0.1, 0.15) is 6.26 Å². The summed E-state index contributed by atoms with van der Waals surface area (Å²) in [6.45, 7) is 4.64. The van der Waals surface area contributed by atoms with Gasteiger partial charge in [0.25, 0.3) is 0 Å². The van der Waals surface area contributed by atoms with Crippen LogP contribution in [0, 0.1) is 17.8 Å². The molecule has 1 aliphatic carbocycles. The second-order valence-electron chi connectivity index (χ2n) is 5.89. The van der Waals surface area contributed by atoms with Crippen molar-refractivity contribution in [3.8, 4) is 0 Å². The number of oxazole rings is 1. The molecular formula is C16H27NO. The molecular weight excluding hydrogens is 222 g/mol. The van der Waals surface area contributed by atoms with Crippen molar-refractivity contribution in [2.75, 3.05) is 0 Å². The molecule has 1 fully saturated rings. The number of hydrogen-bond donors (Lipinski definition) is 0. The van der Waals surface area contributed by atoms with E-state index in [9.17, 15) is 0 Å². The normalized spacial score (nSPS) is 27.8. The van der Waals surface area contributed by atoms with Crippen molar-refractivity contribution in [3.05, 3.63) is 18.4 Å². The molecule has 0 aromatic carbocycles. The van der Waals surface area contributed by atoms with Gasteiger partial charge in [-0.15, -0.1) is 0 Å². The van der Waals surface area contributed by atoms with E-state index in [1.54, 1.807) is 12.5 Å². The average molecular weight is 249 g/mol. The second-order valence-corrected chi connectivity index (χ2v) is 5.89. The van der Waals surface area contributed by atoms with Gasteiger partial charge in [-0.2, -0.15) is 0 Å². The second kappa shape index (κ2) is 6.96. The smallest absolute Gasteiger partial charge is 0.194 e. The minimum absolute atomic E-state index is 0.806. The van der Waals surface area contributed by atoms with E-state index in [0.717, 1.165) is 30.1 Å². The summed E-state index contributed by atoms with van der Waals surface area (Å²) in [5, 5.41) is 0. The van der Waals surface area contributed by atoms with Crippen LogP contribution >= 0.6 is 0 Å². The third-order valence-corrected chi connectivity index (χ3v) is 4.59. The fourth-order valence-electron chi connectivity index (χ4n) is 3.61. The van der Waals surface area contributed by atoms with Crippen molar-refractivity contribution < 1.29 is 4.42 Å². The van der Waals surface area contributed by atoms with Crippen LogP contribution in [0.5, 0.6) is 0 Å². The summed E-state index contributed by atoms with van der Waals surface area (Å²) in [4.78, 5) is 4.26. The molecule has 0 N–H and O–H groups in total. The van der Waals surface area contributed by atoms with E-state index in [0.29, 0.717) is 0 Å². The third-order valence-electron chi connectivity index (χ3n) is 4.59. The molecule has 0 saturated heterocycles. The summed E-state index contributed by atoms with van der Waals surface area (Å²) >= 11 is 0. The van der Waals surface area contributed by atoms with E-state index in [2.05, 4.69) is 18.8 Å². The number of hydrogen-bond acceptors (Lipinski definition) is 2. The monoisotopic (exact) mass is 249 g/mol. The molecule has 1 heterocycles. The maximum atomic E-state index is 5.39. The Morgan fingerprint density at radius 2 is 2.06 bits per heavy atom. The quantitative estimate of drug-likeness (QED) is 0.646. The van der Waals surface area contributed by atoms with Crippen LogP contribution in [-0.4, -0.2) is 4.98 Å². The predicted molar refractivity (Wildman–Crippen MR) is 74.3 cm³/mol. The highest BCUT2D eigenvalue weighted by Gasteiger charge is 2.33. The molecule has 2 heteroatoms. The Balaban J connectivity index is 1.81. The van der Waals surface area contributed by atoms with Crippen LogP contribution < -0.4 is 0 Å². The van der Waals surface area contributed by atoms with Crippen molar-refractivity contribution in [2.24, 2.45) is 17.8 Å². The summed E-state index contributed by atoms with van der Waals surface area (Å²) < 4.78 is 5.39. The fourth-order valence-corrected chi connectivity index (χ4v) is 3.61. The van der Waals surface area contributed by atoms with E-state index < -0.39 is 0 Å². The first kappa shape index (κ1) is 13.6. The highest BCUT2D eigenvalue weighted by molar-refractivity contribution is 4.89. The molecule has 0 aliphatic heterocycles. The van der Waals surface area contributed by atoms with Gasteiger partial charge in [-0.05, 0) is 30.6 Å². The molecule has 18 heavy (non-hydrogen) atoms. The molecule has 0 bridgehead atoms. The zero-order chi connectivity index (χ0) is 12.8. The van der Waals surface area contributed by atoms with Crippen LogP contribution in [0.3, 0.4) is 0 Å². The molecule has 1 aromatic heterocycles. The standard InChI is InChI=1S/C16H27NO/c1-3-5-6-7-15-11-13(10-14(15)4-2)12-16-17-8-9-18-16/h8-9,13-15H,3-7,10-12H2,1-2H3. The van der Waals surface area contributed by atoms with Crippen LogP contribution in [0.4, 0.5) is 0 Å². The van der Waals surface area contributed by atoms with Crippen molar-refractivity contribution >= 4 is 0 Å². The SMILES string of the molecule is CCCCCC1CC(Cc2ncco2)CC1CC. The maximum Gasteiger partial charge on any atom is 0.194 e. The lowest BCUT2D eigenvalue weighted by Gasteiger charge is -2.17. The topological polar surface area (TPSA) is 26.0 Å². The van der Waals surface area contributed by atoms with Gasteiger partial charge in [0, 0.05) is 6.42 Å². The lowest BCUT2D eigenvalue weighted by atomic mass is 9.89. The molecule has 1 aliphatic rings. The Hall–Kier alpha value is -0.790. The van der Waals surface area contributed by atoms with Gasteiger partial charge in [-0.25, -0.2) is 4.98 Å². The summed E-state index contributed by atoms with van der Waals surface area (Å²) in [7, 11) is 0. The molecule has 2 nitrogen and oxygen atoms in total. The van der Waals surface area contributed by atoms with E-state index in [1.807, 2.05) is 0 Å². The fraction of sp³-hybridized carbons (Fsp3) is 0.812. The predicted octanol–water partition coefficient (Wildman–Crippen LogP) is 4.85. The molecule has 102 valence electrons. The van der Waals surface area contributed by atoms with E-state index in [4.69, 9.17) is 4.42 Å². The Kier molecular flexibility index (Phi) is 5.27. The summed E-state index contributed by atoms with van der Waals surface area (Å²) in [6.07, 6.45) is 14.2. The highest BCUT2D eigenvalue weighted by Crippen LogP contribution is 2.42. The molecule has 1 saturated carbocycles. The highest BCUT2D eigenvalue weighted by atomic mass is 16.3. The largest absolute Gasteiger partial charge is 0.449 e. The summed E-state index contributed by atoms with van der Waals surface area (Å²) in [5.41, 5.74) is 0. The van der Waals surface area contributed by atoms with Gasteiger partial charge >= 0.3 is 0 Å². The molecule has 3 atom stereocenters. The zero-order valence-electron chi connectivity index (χ0n) is 11.9. The van der Waals surface area contributed by atoms with Crippen molar-refractivity contribution in [1.82, 2.24) is 4.98 Å². The number of aromatic nitrogens is 1. The summed E-state index contributed by atoms with van der Waals surface area (Å²) in [5.74, 6) is 3.65. The first-order valence-corrected chi connectivity index (χ1v) is 7.71. The van der Waals surface area contributed by atoms with Crippen molar-refractivity contribution in [3.63, 3.8) is 0 Å². The molecule has 1 aromatic rings. The van der Waals surface area contributed by atoms with Crippen LogP contribution in [-0.2, 0) is 6.42 Å². The molecule has 3 unspecified atom stereocenters. The van der Waals surface area contributed by atoms with Gasteiger partial charge in [-0.1, -0.05) is 46.0 Å². The Morgan fingerprint density at radius 1 is 1.22 bits per heavy atom. The van der Waals surface area contributed by atoms with Gasteiger partial charge in [0.2, 0.25) is 0 Å². The van der Waals surface area contributed by atoms with Gasteiger partial charge < -0.3 is 4.42 Å². The molecule has 0 spiro atoms. The Bertz CT molecular complexity index is 320. The first-order chi connectivity index (χ1) is 8.83.